The molecule has 0 aromatic carbocycles. The highest BCUT2D eigenvalue weighted by molar-refractivity contribution is 5.86. The second-order valence-electron chi connectivity index (χ2n) is 4.64. The molecular weight excluding hydrogens is 307 g/mol. The Balaban J connectivity index is 0. The smallest absolute Gasteiger partial charge is 0.132 e. The topological polar surface area (TPSA) is 41.1 Å². The van der Waals surface area contributed by atoms with Crippen LogP contribution in [-0.4, -0.2) is 37.2 Å². The van der Waals surface area contributed by atoms with Crippen molar-refractivity contribution in [1.29, 1.82) is 0 Å². The molecule has 0 radical (unpaired) electrons. The molecule has 2 rings (SSSR count). The van der Waals surface area contributed by atoms with Gasteiger partial charge in [0.1, 0.15) is 11.6 Å². The van der Waals surface area contributed by atoms with Crippen LogP contribution >= 0.6 is 37.2 Å². The highest BCUT2D eigenvalue weighted by Gasteiger charge is 2.17. The summed E-state index contributed by atoms with van der Waals surface area (Å²) >= 11 is 0. The number of aryl methyl sites for hydroxylation is 1. The Morgan fingerprint density at radius 2 is 1.89 bits per heavy atom. The molecule has 1 atom stereocenters. The zero-order valence-electron chi connectivity index (χ0n) is 11.5. The van der Waals surface area contributed by atoms with Crippen molar-refractivity contribution >= 4 is 43.0 Å². The molecule has 0 bridgehead atoms. The van der Waals surface area contributed by atoms with Crippen LogP contribution in [0.15, 0.2) is 6.07 Å². The third kappa shape index (κ3) is 5.69. The number of nitrogens with one attached hydrogen (secondary N) is 1. The highest BCUT2D eigenvalue weighted by Crippen LogP contribution is 2.23. The van der Waals surface area contributed by atoms with E-state index in [9.17, 15) is 0 Å². The van der Waals surface area contributed by atoms with Gasteiger partial charge in [0.25, 0.3) is 0 Å². The van der Waals surface area contributed by atoms with Crippen molar-refractivity contribution in [2.75, 3.05) is 32.1 Å². The summed E-state index contributed by atoms with van der Waals surface area (Å²) in [4.78, 5) is 11.0. The minimum Gasteiger partial charge on any atom is -0.363 e. The van der Waals surface area contributed by atoms with Gasteiger partial charge in [0.15, 0.2) is 0 Å². The van der Waals surface area contributed by atoms with Crippen molar-refractivity contribution in [3.8, 4) is 0 Å². The van der Waals surface area contributed by atoms with Gasteiger partial charge < -0.3 is 10.2 Å². The monoisotopic (exact) mass is 328 g/mol. The maximum atomic E-state index is 4.56. The van der Waals surface area contributed by atoms with Crippen LogP contribution in [0.5, 0.6) is 0 Å². The van der Waals surface area contributed by atoms with E-state index in [-0.39, 0.29) is 37.2 Å². The van der Waals surface area contributed by atoms with E-state index >= 15 is 0 Å². The first-order chi connectivity index (χ1) is 7.66. The van der Waals surface area contributed by atoms with E-state index in [2.05, 4.69) is 21.4 Å². The molecular formula is C12H23Cl3N4. The fraction of sp³-hybridized carbons (Fsp3) is 0.667. The summed E-state index contributed by atoms with van der Waals surface area (Å²) < 4.78 is 0. The number of piperidine rings is 1. The molecule has 1 unspecified atom stereocenters. The van der Waals surface area contributed by atoms with Gasteiger partial charge >= 0.3 is 0 Å². The predicted molar refractivity (Wildman–Crippen MR) is 87.7 cm³/mol. The van der Waals surface area contributed by atoms with E-state index in [0.717, 1.165) is 24.7 Å². The van der Waals surface area contributed by atoms with Crippen molar-refractivity contribution in [3.63, 3.8) is 0 Å². The van der Waals surface area contributed by atoms with Gasteiger partial charge in [0.2, 0.25) is 0 Å². The van der Waals surface area contributed by atoms with Crippen LogP contribution in [0.3, 0.4) is 0 Å². The molecule has 7 heteroatoms. The lowest BCUT2D eigenvalue weighted by Gasteiger charge is -2.23. The van der Waals surface area contributed by atoms with E-state index in [0.29, 0.717) is 5.92 Å². The van der Waals surface area contributed by atoms with Crippen molar-refractivity contribution < 1.29 is 0 Å². The molecule has 1 aromatic rings. The Morgan fingerprint density at radius 1 is 1.21 bits per heavy atom. The third-order valence-corrected chi connectivity index (χ3v) is 3.02. The van der Waals surface area contributed by atoms with E-state index in [4.69, 9.17) is 0 Å². The molecule has 1 aliphatic heterocycles. The second kappa shape index (κ2) is 9.59. The second-order valence-corrected chi connectivity index (χ2v) is 4.64. The van der Waals surface area contributed by atoms with Crippen molar-refractivity contribution in [2.24, 2.45) is 0 Å². The van der Waals surface area contributed by atoms with Crippen LogP contribution in [-0.2, 0) is 0 Å². The van der Waals surface area contributed by atoms with Crippen LogP contribution in [0.25, 0.3) is 0 Å². The summed E-state index contributed by atoms with van der Waals surface area (Å²) in [6.45, 7) is 4.15. The molecule has 0 amide bonds. The van der Waals surface area contributed by atoms with Gasteiger partial charge in [-0.3, -0.25) is 0 Å². The normalized spacial score (nSPS) is 17.5. The van der Waals surface area contributed by atoms with Gasteiger partial charge in [-0.2, -0.15) is 0 Å². The molecule has 1 aromatic heterocycles. The van der Waals surface area contributed by atoms with Crippen LogP contribution < -0.4 is 10.2 Å². The Morgan fingerprint density at radius 3 is 2.42 bits per heavy atom. The summed E-state index contributed by atoms with van der Waals surface area (Å²) in [6.07, 6.45) is 2.47. The highest BCUT2D eigenvalue weighted by atomic mass is 35.5. The molecule has 112 valence electrons. The van der Waals surface area contributed by atoms with E-state index < -0.39 is 0 Å². The first kappa shape index (κ1) is 21.0. The zero-order valence-corrected chi connectivity index (χ0v) is 14.0. The standard InChI is InChI=1S/C12H20N4.3ClH/c1-9-14-11(7-12(15-9)16(2)3)10-5-4-6-13-8-10;;;/h7,10,13H,4-6,8H2,1-3H3;3*1H. The molecule has 4 nitrogen and oxygen atoms in total. The number of hydrogen-bond acceptors (Lipinski definition) is 4. The quantitative estimate of drug-likeness (QED) is 0.905. The number of anilines is 1. The fourth-order valence-corrected chi connectivity index (χ4v) is 2.12. The van der Waals surface area contributed by atoms with Crippen LogP contribution in [0, 0.1) is 6.92 Å². The number of halogens is 3. The Labute approximate surface area is 134 Å². The summed E-state index contributed by atoms with van der Waals surface area (Å²) in [5.74, 6) is 2.42. The number of rotatable bonds is 2. The zero-order chi connectivity index (χ0) is 11.5. The molecule has 0 aliphatic carbocycles. The van der Waals surface area contributed by atoms with Gasteiger partial charge in [0.05, 0.1) is 5.69 Å². The average Bonchev–Trinajstić information content (AvgIpc) is 2.29. The van der Waals surface area contributed by atoms with Crippen LogP contribution in [0.2, 0.25) is 0 Å². The lowest BCUT2D eigenvalue weighted by molar-refractivity contribution is 0.453. The molecule has 19 heavy (non-hydrogen) atoms. The Hall–Kier alpha value is -0.290. The summed E-state index contributed by atoms with van der Waals surface area (Å²) in [6, 6.07) is 2.12. The maximum Gasteiger partial charge on any atom is 0.132 e. The number of nitrogens with zero attached hydrogens (tertiary/aromatic N) is 3. The van der Waals surface area contributed by atoms with Gasteiger partial charge in [-0.05, 0) is 26.3 Å². The third-order valence-electron chi connectivity index (χ3n) is 3.02. The van der Waals surface area contributed by atoms with E-state index in [1.54, 1.807) is 0 Å². The summed E-state index contributed by atoms with van der Waals surface area (Å²) in [5, 5.41) is 3.43. The van der Waals surface area contributed by atoms with Gasteiger partial charge in [-0.1, -0.05) is 0 Å². The van der Waals surface area contributed by atoms with Crippen molar-refractivity contribution in [1.82, 2.24) is 15.3 Å². The maximum absolute atomic E-state index is 4.56. The van der Waals surface area contributed by atoms with Crippen molar-refractivity contribution in [2.45, 2.75) is 25.7 Å². The van der Waals surface area contributed by atoms with E-state index in [1.165, 1.54) is 18.5 Å². The van der Waals surface area contributed by atoms with Crippen LogP contribution in [0.4, 0.5) is 5.82 Å². The average molecular weight is 330 g/mol. The molecule has 1 fully saturated rings. The number of hydrogen-bond donors (Lipinski definition) is 1. The fourth-order valence-electron chi connectivity index (χ4n) is 2.12. The molecule has 1 aliphatic rings. The molecule has 0 saturated carbocycles. The molecule has 1 saturated heterocycles. The first-order valence-electron chi connectivity index (χ1n) is 5.90. The summed E-state index contributed by atoms with van der Waals surface area (Å²) in [5.41, 5.74) is 1.18. The molecule has 2 heterocycles. The Bertz CT molecular complexity index is 368. The van der Waals surface area contributed by atoms with Gasteiger partial charge in [0, 0.05) is 32.6 Å². The Kier molecular flexibility index (Phi) is 10.6. The van der Waals surface area contributed by atoms with Crippen LogP contribution in [0.1, 0.15) is 30.3 Å². The molecule has 0 spiro atoms. The SMILES string of the molecule is Cc1nc(C2CCCNC2)cc(N(C)C)n1.Cl.Cl.Cl. The van der Waals surface area contributed by atoms with Gasteiger partial charge in [-0.15, -0.1) is 37.2 Å². The largest absolute Gasteiger partial charge is 0.363 e. The molecule has 1 N–H and O–H groups in total. The predicted octanol–water partition coefficient (Wildman–Crippen LogP) is 2.58. The lowest BCUT2D eigenvalue weighted by atomic mass is 9.96. The van der Waals surface area contributed by atoms with Crippen molar-refractivity contribution in [3.05, 3.63) is 17.6 Å². The van der Waals surface area contributed by atoms with Gasteiger partial charge in [-0.25, -0.2) is 9.97 Å². The first-order valence-corrected chi connectivity index (χ1v) is 5.90. The minimum atomic E-state index is 0. The lowest BCUT2D eigenvalue weighted by Crippen LogP contribution is -2.29. The minimum absolute atomic E-state index is 0. The van der Waals surface area contributed by atoms with E-state index in [1.807, 2.05) is 25.9 Å². The summed E-state index contributed by atoms with van der Waals surface area (Å²) in [7, 11) is 4.04. The number of aromatic nitrogens is 2.